The first kappa shape index (κ1) is 11.0. The van der Waals surface area contributed by atoms with Crippen LogP contribution in [0.4, 0.5) is 13.2 Å². The summed E-state index contributed by atoms with van der Waals surface area (Å²) in [6.45, 7) is 6.02. The van der Waals surface area contributed by atoms with Gasteiger partial charge in [-0.15, -0.1) is 0 Å². The third-order valence-corrected chi connectivity index (χ3v) is 1.27. The van der Waals surface area contributed by atoms with Gasteiger partial charge in [0.1, 0.15) is 0 Å². The molecule has 0 aliphatic carbocycles. The van der Waals surface area contributed by atoms with Gasteiger partial charge in [-0.25, -0.2) is 0 Å². The predicted molar refractivity (Wildman–Crippen MR) is 43.8 cm³/mol. The van der Waals surface area contributed by atoms with E-state index in [2.05, 4.69) is 6.58 Å². The van der Waals surface area contributed by atoms with Crippen LogP contribution in [-0.2, 0) is 0 Å². The topological polar surface area (TPSA) is 0 Å². The average Bonchev–Trinajstić information content (AvgIpc) is 1.85. The van der Waals surface area contributed by atoms with Gasteiger partial charge in [-0.3, -0.25) is 0 Å². The Hall–Kier alpha value is -0.990. The number of alkyl halides is 3. The Bertz CT molecular complexity index is 218. The summed E-state index contributed by atoms with van der Waals surface area (Å²) in [5.74, 6) is 0. The minimum atomic E-state index is -4.23. The van der Waals surface area contributed by atoms with Gasteiger partial charge in [0.05, 0.1) is 0 Å². The highest BCUT2D eigenvalue weighted by molar-refractivity contribution is 5.25. The van der Waals surface area contributed by atoms with E-state index in [0.29, 0.717) is 5.57 Å². The summed E-state index contributed by atoms with van der Waals surface area (Å²) in [6, 6.07) is 0. The van der Waals surface area contributed by atoms with E-state index in [1.54, 1.807) is 6.92 Å². The second-order valence-corrected chi connectivity index (χ2v) is 2.47. The zero-order valence-electron chi connectivity index (χ0n) is 7.07. The van der Waals surface area contributed by atoms with Crippen molar-refractivity contribution in [2.45, 2.75) is 20.0 Å². The van der Waals surface area contributed by atoms with Crippen molar-refractivity contribution < 1.29 is 13.2 Å². The smallest absolute Gasteiger partial charge is 0.166 e. The third-order valence-electron chi connectivity index (χ3n) is 1.27. The summed E-state index contributed by atoms with van der Waals surface area (Å²) in [4.78, 5) is 0. The van der Waals surface area contributed by atoms with Crippen LogP contribution >= 0.6 is 0 Å². The van der Waals surface area contributed by atoms with Gasteiger partial charge in [0.15, 0.2) is 0 Å². The van der Waals surface area contributed by atoms with Gasteiger partial charge in [0.2, 0.25) is 0 Å². The Morgan fingerprint density at radius 1 is 1.25 bits per heavy atom. The number of hydrogen-bond acceptors (Lipinski definition) is 0. The maximum absolute atomic E-state index is 11.9. The fourth-order valence-electron chi connectivity index (χ4n) is 0.657. The normalized spacial score (nSPS) is 14.8. The molecule has 0 aromatic carbocycles. The molecule has 0 bridgehead atoms. The molecule has 0 N–H and O–H groups in total. The molecule has 0 spiro atoms. The molecule has 0 saturated carbocycles. The van der Waals surface area contributed by atoms with E-state index in [0.717, 1.165) is 13.0 Å². The molecule has 0 heterocycles. The lowest BCUT2D eigenvalue weighted by Gasteiger charge is -2.05. The first-order valence-electron chi connectivity index (χ1n) is 3.42. The van der Waals surface area contributed by atoms with Crippen LogP contribution in [0.3, 0.4) is 0 Å². The molecule has 12 heavy (non-hydrogen) atoms. The monoisotopic (exact) mass is 176 g/mol. The molecule has 68 valence electrons. The van der Waals surface area contributed by atoms with Crippen molar-refractivity contribution in [2.24, 2.45) is 0 Å². The summed E-state index contributed by atoms with van der Waals surface area (Å²) in [5, 5.41) is 0. The van der Waals surface area contributed by atoms with Crippen LogP contribution in [0.1, 0.15) is 13.8 Å². The predicted octanol–water partition coefficient (Wildman–Crippen LogP) is 3.63. The molecule has 0 saturated heterocycles. The van der Waals surface area contributed by atoms with Gasteiger partial charge in [-0.05, 0) is 13.8 Å². The number of halogens is 3. The van der Waals surface area contributed by atoms with Gasteiger partial charge >= 0.3 is 6.18 Å². The van der Waals surface area contributed by atoms with Gasteiger partial charge in [0.25, 0.3) is 0 Å². The van der Waals surface area contributed by atoms with Crippen molar-refractivity contribution in [3.05, 3.63) is 36.0 Å². The Kier molecular flexibility index (Phi) is 3.80. The molecule has 0 rings (SSSR count). The zero-order valence-corrected chi connectivity index (χ0v) is 7.07. The lowest BCUT2D eigenvalue weighted by atomic mass is 10.2. The van der Waals surface area contributed by atoms with Gasteiger partial charge in [-0.1, -0.05) is 30.4 Å². The van der Waals surface area contributed by atoms with Crippen molar-refractivity contribution in [2.75, 3.05) is 0 Å². The van der Waals surface area contributed by atoms with E-state index in [1.807, 2.05) is 0 Å². The minimum absolute atomic E-state index is 0.542. The maximum atomic E-state index is 11.9. The second-order valence-electron chi connectivity index (χ2n) is 2.47. The van der Waals surface area contributed by atoms with Crippen LogP contribution in [-0.4, -0.2) is 6.18 Å². The lowest BCUT2D eigenvalue weighted by Crippen LogP contribution is -2.08. The summed E-state index contributed by atoms with van der Waals surface area (Å²) in [6.07, 6.45) is -0.164. The van der Waals surface area contributed by atoms with E-state index in [9.17, 15) is 13.2 Å². The minimum Gasteiger partial charge on any atom is -0.166 e. The van der Waals surface area contributed by atoms with Crippen LogP contribution in [0.25, 0.3) is 0 Å². The average molecular weight is 176 g/mol. The maximum Gasteiger partial charge on any atom is 0.412 e. The van der Waals surface area contributed by atoms with Gasteiger partial charge < -0.3 is 0 Å². The largest absolute Gasteiger partial charge is 0.412 e. The molecule has 0 radical (unpaired) electrons. The van der Waals surface area contributed by atoms with Gasteiger partial charge in [0, 0.05) is 5.57 Å². The van der Waals surface area contributed by atoms with Crippen molar-refractivity contribution in [1.29, 1.82) is 0 Å². The molecular formula is C9H11F3. The van der Waals surface area contributed by atoms with Crippen molar-refractivity contribution in [3.63, 3.8) is 0 Å². The molecule has 0 atom stereocenters. The third kappa shape index (κ3) is 4.01. The van der Waals surface area contributed by atoms with Gasteiger partial charge in [-0.2, -0.15) is 13.2 Å². The number of hydrogen-bond donors (Lipinski definition) is 0. The fourth-order valence-corrected chi connectivity index (χ4v) is 0.657. The van der Waals surface area contributed by atoms with Crippen LogP contribution in [0, 0.1) is 0 Å². The Labute approximate surface area is 70.1 Å². The van der Waals surface area contributed by atoms with E-state index in [-0.39, 0.29) is 0 Å². The molecule has 3 heteroatoms. The molecule has 0 aromatic heterocycles. The van der Waals surface area contributed by atoms with Crippen LogP contribution in [0.2, 0.25) is 0 Å². The highest BCUT2D eigenvalue weighted by atomic mass is 19.4. The SMILES string of the molecule is C=C/C=C(C)\C=C(/C)C(F)(F)F. The summed E-state index contributed by atoms with van der Waals surface area (Å²) in [5.41, 5.74) is -0.0575. The molecule has 0 amide bonds. The molecule has 0 aliphatic rings. The molecule has 0 aromatic rings. The van der Waals surface area contributed by atoms with E-state index >= 15 is 0 Å². The molecule has 0 unspecified atom stereocenters. The lowest BCUT2D eigenvalue weighted by molar-refractivity contribution is -0.0913. The van der Waals surface area contributed by atoms with Crippen molar-refractivity contribution in [1.82, 2.24) is 0 Å². The van der Waals surface area contributed by atoms with Crippen molar-refractivity contribution >= 4 is 0 Å². The molecule has 0 nitrogen and oxygen atoms in total. The second kappa shape index (κ2) is 4.14. The Morgan fingerprint density at radius 3 is 2.08 bits per heavy atom. The number of allylic oxidation sites excluding steroid dienone is 5. The first-order valence-corrected chi connectivity index (χ1v) is 3.42. The Balaban J connectivity index is 4.57. The summed E-state index contributed by atoms with van der Waals surface area (Å²) >= 11 is 0. The summed E-state index contributed by atoms with van der Waals surface area (Å²) < 4.78 is 35.8. The van der Waals surface area contributed by atoms with Crippen LogP contribution in [0.5, 0.6) is 0 Å². The van der Waals surface area contributed by atoms with Crippen LogP contribution in [0.15, 0.2) is 36.0 Å². The van der Waals surface area contributed by atoms with E-state index in [1.165, 1.54) is 12.2 Å². The molecule has 0 aliphatic heterocycles. The van der Waals surface area contributed by atoms with E-state index < -0.39 is 11.7 Å². The summed E-state index contributed by atoms with van der Waals surface area (Å²) in [7, 11) is 0. The molecule has 0 fully saturated rings. The standard InChI is InChI=1S/C9H11F3/c1-4-5-7(2)6-8(3)9(10,11)12/h4-6H,1H2,2-3H3/b7-5-,8-6+. The Morgan fingerprint density at radius 2 is 1.75 bits per heavy atom. The first-order chi connectivity index (χ1) is 5.38. The van der Waals surface area contributed by atoms with Crippen molar-refractivity contribution in [3.8, 4) is 0 Å². The highest BCUT2D eigenvalue weighted by Crippen LogP contribution is 2.25. The van der Waals surface area contributed by atoms with E-state index in [4.69, 9.17) is 0 Å². The van der Waals surface area contributed by atoms with Crippen LogP contribution < -0.4 is 0 Å². The number of rotatable bonds is 2. The molecular weight excluding hydrogens is 165 g/mol. The fraction of sp³-hybridized carbons (Fsp3) is 0.333. The quantitative estimate of drug-likeness (QED) is 0.563. The zero-order chi connectivity index (χ0) is 9.78. The highest BCUT2D eigenvalue weighted by Gasteiger charge is 2.29.